The van der Waals surface area contributed by atoms with Gasteiger partial charge in [0, 0.05) is 18.4 Å². The highest BCUT2D eigenvalue weighted by molar-refractivity contribution is 6.07. The molecular weight excluding hydrogens is 305 g/mol. The number of halogens is 1. The molecule has 0 aliphatic carbocycles. The number of hydrogen-bond donors (Lipinski definition) is 0. The van der Waals surface area contributed by atoms with Gasteiger partial charge in [-0.25, -0.2) is 9.37 Å². The van der Waals surface area contributed by atoms with Crippen LogP contribution >= 0.6 is 0 Å². The highest BCUT2D eigenvalue weighted by Crippen LogP contribution is 2.29. The maximum absolute atomic E-state index is 13.7. The number of benzene rings is 1. The van der Waals surface area contributed by atoms with Gasteiger partial charge < -0.3 is 4.90 Å². The number of hydrogen-bond acceptors (Lipinski definition) is 2. The molecule has 3 heterocycles. The van der Waals surface area contributed by atoms with E-state index in [0.29, 0.717) is 30.0 Å². The third-order valence-electron chi connectivity index (χ3n) is 4.55. The number of carbonyl (C=O) groups excluding carboxylic acids is 1. The van der Waals surface area contributed by atoms with Gasteiger partial charge in [0.1, 0.15) is 17.2 Å². The molecular formula is C19H18FN3O. The standard InChI is InChI=1S/C19H18FN3O/c1-2-15-18(23-12-14(20)9-10-17(23)21-15)19(24)22-11-5-7-13-6-3-4-8-16(13)22/h3-4,6,8-10,12H,2,5,7,11H2,1H3. The minimum atomic E-state index is -0.379. The molecule has 3 aromatic rings. The van der Waals surface area contributed by atoms with Crippen LogP contribution in [0.15, 0.2) is 42.6 Å². The predicted molar refractivity (Wildman–Crippen MR) is 91.0 cm³/mol. The summed E-state index contributed by atoms with van der Waals surface area (Å²) in [5.41, 5.74) is 3.89. The number of pyridine rings is 1. The van der Waals surface area contributed by atoms with Gasteiger partial charge in [-0.3, -0.25) is 9.20 Å². The maximum atomic E-state index is 13.7. The van der Waals surface area contributed by atoms with E-state index in [1.807, 2.05) is 25.1 Å². The molecule has 5 heteroatoms. The van der Waals surface area contributed by atoms with E-state index in [0.717, 1.165) is 18.5 Å². The minimum absolute atomic E-state index is 0.114. The van der Waals surface area contributed by atoms with Gasteiger partial charge in [0.2, 0.25) is 0 Å². The van der Waals surface area contributed by atoms with Crippen molar-refractivity contribution in [3.05, 3.63) is 65.4 Å². The molecule has 1 aliphatic rings. The molecule has 122 valence electrons. The Balaban J connectivity index is 1.86. The van der Waals surface area contributed by atoms with E-state index in [2.05, 4.69) is 11.1 Å². The molecule has 0 saturated heterocycles. The van der Waals surface area contributed by atoms with Crippen LogP contribution in [0.25, 0.3) is 5.65 Å². The lowest BCUT2D eigenvalue weighted by atomic mass is 10.0. The number of carbonyl (C=O) groups is 1. The summed E-state index contributed by atoms with van der Waals surface area (Å²) in [7, 11) is 0. The van der Waals surface area contributed by atoms with E-state index in [1.165, 1.54) is 17.8 Å². The summed E-state index contributed by atoms with van der Waals surface area (Å²) < 4.78 is 15.3. The fraction of sp³-hybridized carbons (Fsp3) is 0.263. The number of anilines is 1. The Hall–Kier alpha value is -2.69. The molecule has 0 spiro atoms. The average Bonchev–Trinajstić information content (AvgIpc) is 2.98. The quantitative estimate of drug-likeness (QED) is 0.722. The van der Waals surface area contributed by atoms with Crippen LogP contribution < -0.4 is 4.90 Å². The van der Waals surface area contributed by atoms with Crippen LogP contribution in [0.4, 0.5) is 10.1 Å². The molecule has 0 N–H and O–H groups in total. The topological polar surface area (TPSA) is 37.6 Å². The number of aryl methyl sites for hydroxylation is 2. The first kappa shape index (κ1) is 14.9. The van der Waals surface area contributed by atoms with Crippen LogP contribution in [0.5, 0.6) is 0 Å². The van der Waals surface area contributed by atoms with Gasteiger partial charge in [-0.2, -0.15) is 0 Å². The molecule has 2 aromatic heterocycles. The Morgan fingerprint density at radius 1 is 1.25 bits per heavy atom. The fourth-order valence-corrected chi connectivity index (χ4v) is 3.41. The molecule has 4 rings (SSSR count). The monoisotopic (exact) mass is 323 g/mol. The normalized spacial score (nSPS) is 14.0. The lowest BCUT2D eigenvalue weighted by molar-refractivity contribution is 0.0978. The summed E-state index contributed by atoms with van der Waals surface area (Å²) >= 11 is 0. The molecule has 0 fully saturated rings. The molecule has 1 aromatic carbocycles. The molecule has 1 amide bonds. The van der Waals surface area contributed by atoms with E-state index in [4.69, 9.17) is 0 Å². The SMILES string of the molecule is CCc1nc2ccc(F)cn2c1C(=O)N1CCCc2ccccc21. The van der Waals surface area contributed by atoms with Crippen molar-refractivity contribution in [3.8, 4) is 0 Å². The van der Waals surface area contributed by atoms with Gasteiger partial charge >= 0.3 is 0 Å². The number of para-hydroxylation sites is 1. The highest BCUT2D eigenvalue weighted by Gasteiger charge is 2.28. The summed E-state index contributed by atoms with van der Waals surface area (Å²) in [4.78, 5) is 19.6. The van der Waals surface area contributed by atoms with Crippen LogP contribution in [0.1, 0.15) is 35.1 Å². The fourth-order valence-electron chi connectivity index (χ4n) is 3.41. The number of fused-ring (bicyclic) bond motifs is 2. The van der Waals surface area contributed by atoms with Gasteiger partial charge in [-0.15, -0.1) is 0 Å². The van der Waals surface area contributed by atoms with Crippen molar-refractivity contribution in [3.63, 3.8) is 0 Å². The number of aromatic nitrogens is 2. The second kappa shape index (κ2) is 5.74. The Bertz CT molecular complexity index is 932. The van der Waals surface area contributed by atoms with Gasteiger partial charge in [0.25, 0.3) is 5.91 Å². The van der Waals surface area contributed by atoms with Crippen molar-refractivity contribution in [1.82, 2.24) is 9.38 Å². The highest BCUT2D eigenvalue weighted by atomic mass is 19.1. The van der Waals surface area contributed by atoms with Crippen molar-refractivity contribution < 1.29 is 9.18 Å². The molecule has 0 radical (unpaired) electrons. The summed E-state index contributed by atoms with van der Waals surface area (Å²) in [6, 6.07) is 10.9. The van der Waals surface area contributed by atoms with Crippen molar-refractivity contribution in [1.29, 1.82) is 0 Å². The van der Waals surface area contributed by atoms with E-state index < -0.39 is 0 Å². The van der Waals surface area contributed by atoms with Crippen LogP contribution in [-0.4, -0.2) is 21.8 Å². The number of amides is 1. The molecule has 1 aliphatic heterocycles. The van der Waals surface area contributed by atoms with Crippen LogP contribution in [0.3, 0.4) is 0 Å². The zero-order valence-electron chi connectivity index (χ0n) is 13.5. The van der Waals surface area contributed by atoms with Gasteiger partial charge in [0.15, 0.2) is 0 Å². The maximum Gasteiger partial charge on any atom is 0.277 e. The molecule has 24 heavy (non-hydrogen) atoms. The summed E-state index contributed by atoms with van der Waals surface area (Å²) in [5, 5.41) is 0. The zero-order valence-corrected chi connectivity index (χ0v) is 13.5. The lowest BCUT2D eigenvalue weighted by Gasteiger charge is -2.29. The summed E-state index contributed by atoms with van der Waals surface area (Å²) in [6.07, 6.45) is 3.86. The van der Waals surface area contributed by atoms with E-state index >= 15 is 0 Å². The van der Waals surface area contributed by atoms with Gasteiger partial charge in [-0.1, -0.05) is 25.1 Å². The van der Waals surface area contributed by atoms with Gasteiger partial charge in [0.05, 0.1) is 5.69 Å². The van der Waals surface area contributed by atoms with Crippen molar-refractivity contribution in [2.75, 3.05) is 11.4 Å². The Morgan fingerprint density at radius 2 is 2.08 bits per heavy atom. The second-order valence-electron chi connectivity index (χ2n) is 6.03. The Kier molecular flexibility index (Phi) is 3.56. The average molecular weight is 323 g/mol. The largest absolute Gasteiger partial charge is 0.307 e. The lowest BCUT2D eigenvalue weighted by Crippen LogP contribution is -2.36. The second-order valence-corrected chi connectivity index (χ2v) is 6.03. The van der Waals surface area contributed by atoms with E-state index in [-0.39, 0.29) is 11.7 Å². The molecule has 0 atom stereocenters. The molecule has 4 nitrogen and oxygen atoms in total. The van der Waals surface area contributed by atoms with Gasteiger partial charge in [-0.05, 0) is 43.0 Å². The van der Waals surface area contributed by atoms with Crippen molar-refractivity contribution >= 4 is 17.2 Å². The Labute approximate surface area is 139 Å². The third-order valence-corrected chi connectivity index (χ3v) is 4.55. The van der Waals surface area contributed by atoms with Crippen molar-refractivity contribution in [2.45, 2.75) is 26.2 Å². The van der Waals surface area contributed by atoms with Crippen molar-refractivity contribution in [2.24, 2.45) is 0 Å². The minimum Gasteiger partial charge on any atom is -0.307 e. The number of imidazole rings is 1. The predicted octanol–water partition coefficient (Wildman–Crippen LogP) is 3.63. The number of rotatable bonds is 2. The van der Waals surface area contributed by atoms with E-state index in [9.17, 15) is 9.18 Å². The Morgan fingerprint density at radius 3 is 2.92 bits per heavy atom. The van der Waals surface area contributed by atoms with E-state index in [1.54, 1.807) is 15.4 Å². The molecule has 0 unspecified atom stereocenters. The molecule has 0 saturated carbocycles. The first-order chi connectivity index (χ1) is 11.7. The summed E-state index contributed by atoms with van der Waals surface area (Å²) in [5.74, 6) is -0.493. The summed E-state index contributed by atoms with van der Waals surface area (Å²) in [6.45, 7) is 2.63. The van der Waals surface area contributed by atoms with Crippen LogP contribution in [-0.2, 0) is 12.8 Å². The number of nitrogens with zero attached hydrogens (tertiary/aromatic N) is 3. The zero-order chi connectivity index (χ0) is 16.7. The smallest absolute Gasteiger partial charge is 0.277 e. The first-order valence-corrected chi connectivity index (χ1v) is 8.25. The van der Waals surface area contributed by atoms with Crippen LogP contribution in [0.2, 0.25) is 0 Å². The van der Waals surface area contributed by atoms with Crippen LogP contribution in [0, 0.1) is 5.82 Å². The first-order valence-electron chi connectivity index (χ1n) is 8.25. The third kappa shape index (κ3) is 2.28. The molecule has 0 bridgehead atoms.